The quantitative estimate of drug-likeness (QED) is 0.576. The number of ether oxygens (including phenoxy) is 1. The van der Waals surface area contributed by atoms with Crippen molar-refractivity contribution in [3.05, 3.63) is 0 Å². The van der Waals surface area contributed by atoms with Crippen molar-refractivity contribution in [3.63, 3.8) is 0 Å². The standard InChI is InChI=1S/C12H25N3O/c1-5-16-10-7-6-8-15(9-10)11(13)14-12(2,3)4/h10H,5-9H2,1-4H3,(H2,13,14). The molecular weight excluding hydrogens is 202 g/mol. The Bertz CT molecular complexity index is 243. The average molecular weight is 227 g/mol. The second kappa shape index (κ2) is 5.53. The van der Waals surface area contributed by atoms with Gasteiger partial charge in [0.1, 0.15) is 0 Å². The monoisotopic (exact) mass is 227 g/mol. The molecule has 1 fully saturated rings. The maximum absolute atomic E-state index is 6.01. The molecule has 94 valence electrons. The van der Waals surface area contributed by atoms with Gasteiger partial charge in [0, 0.05) is 19.7 Å². The number of aliphatic imine (C=N–C) groups is 1. The Kier molecular flexibility index (Phi) is 4.59. The maximum atomic E-state index is 6.01. The maximum Gasteiger partial charge on any atom is 0.191 e. The molecule has 4 heteroatoms. The molecule has 0 amide bonds. The largest absolute Gasteiger partial charge is 0.377 e. The fourth-order valence-electron chi connectivity index (χ4n) is 1.93. The van der Waals surface area contributed by atoms with Gasteiger partial charge >= 0.3 is 0 Å². The van der Waals surface area contributed by atoms with E-state index in [1.165, 1.54) is 0 Å². The number of nitrogens with zero attached hydrogens (tertiary/aromatic N) is 2. The van der Waals surface area contributed by atoms with Crippen LogP contribution in [0.3, 0.4) is 0 Å². The van der Waals surface area contributed by atoms with Crippen LogP contribution in [0.2, 0.25) is 0 Å². The zero-order valence-corrected chi connectivity index (χ0v) is 11.0. The number of guanidine groups is 1. The fraction of sp³-hybridized carbons (Fsp3) is 0.917. The molecule has 1 aliphatic rings. The van der Waals surface area contributed by atoms with Crippen LogP contribution in [-0.2, 0) is 4.74 Å². The lowest BCUT2D eigenvalue weighted by atomic mass is 10.1. The molecule has 1 heterocycles. The normalized spacial score (nSPS) is 23.6. The van der Waals surface area contributed by atoms with Gasteiger partial charge in [-0.25, -0.2) is 4.99 Å². The molecule has 0 aliphatic carbocycles. The first-order chi connectivity index (χ1) is 7.42. The summed E-state index contributed by atoms with van der Waals surface area (Å²) in [5.41, 5.74) is 5.90. The first-order valence-electron chi connectivity index (χ1n) is 6.14. The van der Waals surface area contributed by atoms with Crippen molar-refractivity contribution in [2.75, 3.05) is 19.7 Å². The van der Waals surface area contributed by atoms with Crippen molar-refractivity contribution in [2.45, 2.75) is 52.2 Å². The second-order valence-corrected chi connectivity index (χ2v) is 5.31. The highest BCUT2D eigenvalue weighted by Gasteiger charge is 2.22. The lowest BCUT2D eigenvalue weighted by molar-refractivity contribution is 0.0231. The first kappa shape index (κ1) is 13.3. The van der Waals surface area contributed by atoms with Crippen molar-refractivity contribution >= 4 is 5.96 Å². The van der Waals surface area contributed by atoms with Gasteiger partial charge in [-0.15, -0.1) is 0 Å². The van der Waals surface area contributed by atoms with Gasteiger partial charge in [-0.1, -0.05) is 0 Å². The highest BCUT2D eigenvalue weighted by atomic mass is 16.5. The molecule has 0 radical (unpaired) electrons. The third-order valence-electron chi connectivity index (χ3n) is 2.55. The van der Waals surface area contributed by atoms with Crippen LogP contribution in [0.15, 0.2) is 4.99 Å². The number of hydrogen-bond acceptors (Lipinski definition) is 2. The number of nitrogens with two attached hydrogens (primary N) is 1. The molecule has 0 spiro atoms. The van der Waals surface area contributed by atoms with E-state index in [0.29, 0.717) is 12.1 Å². The van der Waals surface area contributed by atoms with Gasteiger partial charge in [0.15, 0.2) is 5.96 Å². The minimum atomic E-state index is -0.108. The number of likely N-dealkylation sites (tertiary alicyclic amines) is 1. The van der Waals surface area contributed by atoms with Crippen molar-refractivity contribution < 1.29 is 4.74 Å². The smallest absolute Gasteiger partial charge is 0.191 e. The Morgan fingerprint density at radius 3 is 2.75 bits per heavy atom. The van der Waals surface area contributed by atoms with Gasteiger partial charge in [0.2, 0.25) is 0 Å². The molecule has 1 unspecified atom stereocenters. The van der Waals surface area contributed by atoms with Crippen LogP contribution in [0, 0.1) is 0 Å². The van der Waals surface area contributed by atoms with E-state index in [1.807, 2.05) is 6.92 Å². The molecule has 1 saturated heterocycles. The second-order valence-electron chi connectivity index (χ2n) is 5.31. The minimum Gasteiger partial charge on any atom is -0.377 e. The first-order valence-corrected chi connectivity index (χ1v) is 6.14. The summed E-state index contributed by atoms with van der Waals surface area (Å²) in [6.07, 6.45) is 2.57. The Balaban J connectivity index is 2.56. The molecule has 4 nitrogen and oxygen atoms in total. The van der Waals surface area contributed by atoms with Crippen molar-refractivity contribution in [1.82, 2.24) is 4.90 Å². The lowest BCUT2D eigenvalue weighted by Gasteiger charge is -2.34. The lowest BCUT2D eigenvalue weighted by Crippen LogP contribution is -2.47. The van der Waals surface area contributed by atoms with E-state index >= 15 is 0 Å². The van der Waals surface area contributed by atoms with E-state index < -0.39 is 0 Å². The molecule has 1 atom stereocenters. The molecule has 0 bridgehead atoms. The minimum absolute atomic E-state index is 0.108. The molecule has 2 N–H and O–H groups in total. The third-order valence-corrected chi connectivity index (χ3v) is 2.55. The predicted molar refractivity (Wildman–Crippen MR) is 67.6 cm³/mol. The number of hydrogen-bond donors (Lipinski definition) is 1. The summed E-state index contributed by atoms with van der Waals surface area (Å²) in [5, 5.41) is 0. The van der Waals surface area contributed by atoms with Crippen LogP contribution in [0.4, 0.5) is 0 Å². The average Bonchev–Trinajstić information content (AvgIpc) is 2.16. The zero-order valence-electron chi connectivity index (χ0n) is 11.0. The van der Waals surface area contributed by atoms with E-state index in [4.69, 9.17) is 10.5 Å². The van der Waals surface area contributed by atoms with Gasteiger partial charge in [-0.2, -0.15) is 0 Å². The van der Waals surface area contributed by atoms with Crippen LogP contribution in [0.25, 0.3) is 0 Å². The molecule has 0 saturated carbocycles. The fourth-order valence-corrected chi connectivity index (χ4v) is 1.93. The highest BCUT2D eigenvalue weighted by molar-refractivity contribution is 5.78. The summed E-state index contributed by atoms with van der Waals surface area (Å²) < 4.78 is 5.64. The SMILES string of the molecule is CCOC1CCCN(C(N)=NC(C)(C)C)C1. The van der Waals surface area contributed by atoms with E-state index in [2.05, 4.69) is 30.7 Å². The van der Waals surface area contributed by atoms with E-state index in [0.717, 1.165) is 32.5 Å². The zero-order chi connectivity index (χ0) is 12.2. The summed E-state index contributed by atoms with van der Waals surface area (Å²) in [5.74, 6) is 0.650. The van der Waals surface area contributed by atoms with Crippen LogP contribution in [-0.4, -0.2) is 42.2 Å². The Labute approximate surface area is 98.9 Å². The summed E-state index contributed by atoms with van der Waals surface area (Å²) in [7, 11) is 0. The van der Waals surface area contributed by atoms with Crippen molar-refractivity contribution in [1.29, 1.82) is 0 Å². The summed E-state index contributed by atoms with van der Waals surface area (Å²) >= 11 is 0. The van der Waals surface area contributed by atoms with E-state index in [1.54, 1.807) is 0 Å². The summed E-state index contributed by atoms with van der Waals surface area (Å²) in [6, 6.07) is 0. The van der Waals surface area contributed by atoms with Crippen molar-refractivity contribution in [3.8, 4) is 0 Å². The van der Waals surface area contributed by atoms with Crippen LogP contribution >= 0.6 is 0 Å². The van der Waals surface area contributed by atoms with Crippen LogP contribution in [0.1, 0.15) is 40.5 Å². The molecular formula is C12H25N3O. The Morgan fingerprint density at radius 1 is 1.50 bits per heavy atom. The Hall–Kier alpha value is -0.770. The Morgan fingerprint density at radius 2 is 2.19 bits per heavy atom. The van der Waals surface area contributed by atoms with Crippen molar-refractivity contribution in [2.24, 2.45) is 10.7 Å². The van der Waals surface area contributed by atoms with E-state index in [-0.39, 0.29) is 5.54 Å². The van der Waals surface area contributed by atoms with Crippen LogP contribution < -0.4 is 5.73 Å². The van der Waals surface area contributed by atoms with Gasteiger partial charge < -0.3 is 15.4 Å². The van der Waals surface area contributed by atoms with Crippen LogP contribution in [0.5, 0.6) is 0 Å². The predicted octanol–water partition coefficient (Wildman–Crippen LogP) is 1.60. The van der Waals surface area contributed by atoms with Gasteiger partial charge in [0.05, 0.1) is 11.6 Å². The van der Waals surface area contributed by atoms with Gasteiger partial charge in [-0.3, -0.25) is 0 Å². The summed E-state index contributed by atoms with van der Waals surface area (Å²) in [4.78, 5) is 6.63. The molecule has 0 aromatic heterocycles. The molecule has 16 heavy (non-hydrogen) atoms. The molecule has 0 aromatic carbocycles. The highest BCUT2D eigenvalue weighted by Crippen LogP contribution is 2.14. The summed E-state index contributed by atoms with van der Waals surface area (Å²) in [6.45, 7) is 10.9. The topological polar surface area (TPSA) is 50.9 Å². The number of rotatable bonds is 2. The van der Waals surface area contributed by atoms with Gasteiger partial charge in [-0.05, 0) is 40.5 Å². The van der Waals surface area contributed by atoms with Gasteiger partial charge in [0.25, 0.3) is 0 Å². The molecule has 0 aromatic rings. The molecule has 1 rings (SSSR count). The molecule has 1 aliphatic heterocycles. The number of piperidine rings is 1. The van der Waals surface area contributed by atoms with E-state index in [9.17, 15) is 0 Å². The third kappa shape index (κ3) is 4.39.